The van der Waals surface area contributed by atoms with Crippen LogP contribution in [0.5, 0.6) is 0 Å². The molecule has 0 atom stereocenters. The number of nitrogens with one attached hydrogen (secondary N) is 2. The molecule has 0 saturated carbocycles. The zero-order valence-electron chi connectivity index (χ0n) is 10.2. The van der Waals surface area contributed by atoms with Crippen molar-refractivity contribution in [2.75, 3.05) is 17.8 Å². The Bertz CT molecular complexity index is 544. The molecule has 0 bridgehead atoms. The predicted molar refractivity (Wildman–Crippen MR) is 73.2 cm³/mol. The van der Waals surface area contributed by atoms with Gasteiger partial charge >= 0.3 is 0 Å². The van der Waals surface area contributed by atoms with Crippen LogP contribution in [-0.4, -0.2) is 21.5 Å². The van der Waals surface area contributed by atoms with Crippen LogP contribution in [0, 0.1) is 11.8 Å². The Hall–Kier alpha value is -1.55. The van der Waals surface area contributed by atoms with Crippen molar-refractivity contribution in [3.8, 4) is 11.8 Å². The molecule has 0 amide bonds. The lowest BCUT2D eigenvalue weighted by Crippen LogP contribution is -2.30. The number of para-hydroxylation sites is 1. The fourth-order valence-corrected chi connectivity index (χ4v) is 2.26. The van der Waals surface area contributed by atoms with E-state index in [2.05, 4.69) is 21.3 Å². The maximum atomic E-state index is 11.7. The molecule has 5 nitrogen and oxygen atoms in total. The minimum Gasteiger partial charge on any atom is -0.320 e. The second kappa shape index (κ2) is 7.01. The highest BCUT2D eigenvalue weighted by Gasteiger charge is 2.10. The Kier molecular flexibility index (Phi) is 5.65. The molecule has 0 aromatic heterocycles. The second-order valence-corrected chi connectivity index (χ2v) is 5.05. The topological polar surface area (TPSA) is 84.2 Å². The van der Waals surface area contributed by atoms with Crippen molar-refractivity contribution >= 4 is 15.9 Å². The Morgan fingerprint density at radius 1 is 1.33 bits per heavy atom. The second-order valence-electron chi connectivity index (χ2n) is 3.55. The average Bonchev–Trinajstić information content (AvgIpc) is 2.35. The van der Waals surface area contributed by atoms with E-state index in [4.69, 9.17) is 5.73 Å². The quantitative estimate of drug-likeness (QED) is 0.685. The molecule has 0 fully saturated rings. The fraction of sp³-hybridized carbons (Fsp3) is 0.333. The molecule has 1 rings (SSSR count). The largest absolute Gasteiger partial charge is 0.320 e. The van der Waals surface area contributed by atoms with Gasteiger partial charge in [0.05, 0.1) is 12.2 Å². The van der Waals surface area contributed by atoms with E-state index in [-0.39, 0.29) is 6.54 Å². The van der Waals surface area contributed by atoms with E-state index < -0.39 is 10.2 Å². The molecule has 6 heteroatoms. The summed E-state index contributed by atoms with van der Waals surface area (Å²) in [5.74, 6) is 5.52. The van der Waals surface area contributed by atoms with Crippen LogP contribution in [-0.2, 0) is 10.2 Å². The van der Waals surface area contributed by atoms with Crippen LogP contribution >= 0.6 is 0 Å². The Morgan fingerprint density at radius 3 is 2.72 bits per heavy atom. The molecule has 0 aliphatic carbocycles. The molecule has 0 aliphatic rings. The highest BCUT2D eigenvalue weighted by Crippen LogP contribution is 2.14. The van der Waals surface area contributed by atoms with Crippen LogP contribution in [0.25, 0.3) is 0 Å². The summed E-state index contributed by atoms with van der Waals surface area (Å²) in [4.78, 5) is 0. The molecule has 1 aromatic rings. The fourth-order valence-electron chi connectivity index (χ4n) is 1.24. The summed E-state index contributed by atoms with van der Waals surface area (Å²) in [6.45, 7) is 2.52. The van der Waals surface area contributed by atoms with Gasteiger partial charge in [-0.15, -0.1) is 0 Å². The van der Waals surface area contributed by atoms with E-state index in [1.807, 2.05) is 6.92 Å². The summed E-state index contributed by atoms with van der Waals surface area (Å²) in [7, 11) is -3.54. The number of anilines is 1. The molecule has 1 aromatic carbocycles. The van der Waals surface area contributed by atoms with E-state index in [1.54, 1.807) is 24.3 Å². The number of benzene rings is 1. The van der Waals surface area contributed by atoms with Crippen LogP contribution in [0.15, 0.2) is 24.3 Å². The average molecular weight is 267 g/mol. The van der Waals surface area contributed by atoms with Gasteiger partial charge in [0.25, 0.3) is 10.2 Å². The molecule has 4 N–H and O–H groups in total. The molecule has 18 heavy (non-hydrogen) atoms. The van der Waals surface area contributed by atoms with E-state index in [0.29, 0.717) is 17.8 Å². The van der Waals surface area contributed by atoms with Gasteiger partial charge in [-0.1, -0.05) is 30.9 Å². The third-order valence-corrected chi connectivity index (χ3v) is 3.11. The van der Waals surface area contributed by atoms with Crippen molar-refractivity contribution < 1.29 is 8.42 Å². The summed E-state index contributed by atoms with van der Waals surface area (Å²) >= 11 is 0. The van der Waals surface area contributed by atoms with Crippen LogP contribution < -0.4 is 15.2 Å². The molecular weight excluding hydrogens is 250 g/mol. The number of rotatable bonds is 5. The van der Waals surface area contributed by atoms with E-state index >= 15 is 0 Å². The highest BCUT2D eigenvalue weighted by atomic mass is 32.2. The summed E-state index contributed by atoms with van der Waals surface area (Å²) < 4.78 is 28.3. The lowest BCUT2D eigenvalue weighted by molar-refractivity contribution is 0.586. The van der Waals surface area contributed by atoms with Crippen LogP contribution in [0.4, 0.5) is 5.69 Å². The van der Waals surface area contributed by atoms with Crippen molar-refractivity contribution in [2.24, 2.45) is 5.73 Å². The predicted octanol–water partition coefficient (Wildman–Crippen LogP) is 0.653. The summed E-state index contributed by atoms with van der Waals surface area (Å²) in [6, 6.07) is 6.93. The first-order valence-electron chi connectivity index (χ1n) is 5.64. The summed E-state index contributed by atoms with van der Waals surface area (Å²) in [6.07, 6.45) is 0.732. The minimum absolute atomic E-state index is 0.231. The first-order chi connectivity index (χ1) is 8.59. The van der Waals surface area contributed by atoms with Gasteiger partial charge in [0, 0.05) is 12.1 Å². The SMILES string of the molecule is CCCNS(=O)(=O)Nc1ccccc1C#CCN. The van der Waals surface area contributed by atoms with Gasteiger partial charge in [0.15, 0.2) is 0 Å². The lowest BCUT2D eigenvalue weighted by Gasteiger charge is -2.10. The van der Waals surface area contributed by atoms with Crippen LogP contribution in [0.1, 0.15) is 18.9 Å². The van der Waals surface area contributed by atoms with Crippen molar-refractivity contribution in [1.82, 2.24) is 4.72 Å². The normalized spacial score (nSPS) is 10.6. The van der Waals surface area contributed by atoms with E-state index in [9.17, 15) is 8.42 Å². The van der Waals surface area contributed by atoms with Gasteiger partial charge < -0.3 is 5.73 Å². The summed E-state index contributed by atoms with van der Waals surface area (Å²) in [5.41, 5.74) is 6.34. The number of hydrogen-bond donors (Lipinski definition) is 3. The molecule has 0 heterocycles. The van der Waals surface area contributed by atoms with Gasteiger partial charge in [-0.2, -0.15) is 13.1 Å². The Balaban J connectivity index is 2.90. The molecule has 0 spiro atoms. The monoisotopic (exact) mass is 267 g/mol. The van der Waals surface area contributed by atoms with Gasteiger partial charge in [-0.25, -0.2) is 0 Å². The third kappa shape index (κ3) is 4.75. The van der Waals surface area contributed by atoms with E-state index in [0.717, 1.165) is 6.42 Å². The molecule has 0 aliphatic heterocycles. The van der Waals surface area contributed by atoms with Crippen molar-refractivity contribution in [1.29, 1.82) is 0 Å². The first-order valence-corrected chi connectivity index (χ1v) is 7.12. The van der Waals surface area contributed by atoms with Crippen molar-refractivity contribution in [2.45, 2.75) is 13.3 Å². The molecule has 0 radical (unpaired) electrons. The maximum absolute atomic E-state index is 11.7. The molecule has 0 unspecified atom stereocenters. The molecular formula is C12H17N3O2S. The lowest BCUT2D eigenvalue weighted by atomic mass is 10.2. The van der Waals surface area contributed by atoms with E-state index in [1.165, 1.54) is 0 Å². The van der Waals surface area contributed by atoms with Crippen LogP contribution in [0.3, 0.4) is 0 Å². The first kappa shape index (κ1) is 14.5. The Morgan fingerprint density at radius 2 is 2.06 bits per heavy atom. The zero-order valence-corrected chi connectivity index (χ0v) is 11.0. The van der Waals surface area contributed by atoms with Gasteiger partial charge in [0.2, 0.25) is 0 Å². The van der Waals surface area contributed by atoms with Crippen molar-refractivity contribution in [3.05, 3.63) is 29.8 Å². The highest BCUT2D eigenvalue weighted by molar-refractivity contribution is 7.90. The van der Waals surface area contributed by atoms with Crippen LogP contribution in [0.2, 0.25) is 0 Å². The number of nitrogens with two attached hydrogens (primary N) is 1. The zero-order chi connectivity index (χ0) is 13.4. The number of hydrogen-bond acceptors (Lipinski definition) is 3. The smallest absolute Gasteiger partial charge is 0.299 e. The van der Waals surface area contributed by atoms with Gasteiger partial charge in [-0.05, 0) is 18.6 Å². The third-order valence-electron chi connectivity index (χ3n) is 2.04. The van der Waals surface area contributed by atoms with Crippen molar-refractivity contribution in [3.63, 3.8) is 0 Å². The Labute approximate surface area is 108 Å². The minimum atomic E-state index is -3.54. The molecule has 98 valence electrons. The van der Waals surface area contributed by atoms with Gasteiger partial charge in [0.1, 0.15) is 0 Å². The summed E-state index contributed by atoms with van der Waals surface area (Å²) in [5, 5.41) is 0. The standard InChI is InChI=1S/C12H17N3O2S/c1-2-10-14-18(16,17)15-12-8-4-3-6-11(12)7-5-9-13/h3-4,6,8,14-15H,2,9-10,13H2,1H3. The maximum Gasteiger partial charge on any atom is 0.299 e. The van der Waals surface area contributed by atoms with Gasteiger partial charge in [-0.3, -0.25) is 4.72 Å². The molecule has 0 saturated heterocycles.